The molecule has 5 rings (SSSR count). The zero-order valence-electron chi connectivity index (χ0n) is 22.1. The third-order valence-electron chi connectivity index (χ3n) is 6.78. The predicted octanol–water partition coefficient (Wildman–Crippen LogP) is 3.56. The lowest BCUT2D eigenvalue weighted by Gasteiger charge is -2.37. The minimum Gasteiger partial charge on any atom is -0.481 e. The maximum atomic E-state index is 13.1. The average Bonchev–Trinajstić information content (AvgIpc) is 3.68. The molecule has 2 aromatic carbocycles. The van der Waals surface area contributed by atoms with Crippen LogP contribution in [-0.2, 0) is 9.53 Å². The molecule has 0 spiro atoms. The number of benzene rings is 2. The number of hydrogen-bond donors (Lipinski definition) is 3. The zero-order chi connectivity index (χ0) is 28.9. The van der Waals surface area contributed by atoms with Crippen molar-refractivity contribution in [3.05, 3.63) is 69.9 Å². The second kappa shape index (κ2) is 12.2. The van der Waals surface area contributed by atoms with E-state index in [2.05, 4.69) is 10.6 Å². The van der Waals surface area contributed by atoms with Crippen LogP contribution in [0.5, 0.6) is 11.5 Å². The lowest BCUT2D eigenvalue weighted by atomic mass is 10.1. The number of amides is 3. The number of anilines is 2. The average molecular weight is 581 g/mol. The van der Waals surface area contributed by atoms with Gasteiger partial charge in [0, 0.05) is 42.2 Å². The monoisotopic (exact) mass is 580 g/mol. The molecule has 1 saturated heterocycles. The Hall–Kier alpha value is -4.78. The standard InChI is InChI=1S/C28H28N4O8S/c1-38-28(37)30-19-13-17(26(35)29-20(15-25(33)34)24-3-2-12-41-24)4-6-21(19)31-8-10-32(11-9-31)27(36)18-5-7-22-23(14-18)40-16-39-22/h2-7,12-14,20H,8-11,15-16H2,1H3,(H,29,35)(H,30,37)(H,33,34). The summed E-state index contributed by atoms with van der Waals surface area (Å²) in [6, 6.07) is 12.8. The maximum absolute atomic E-state index is 13.1. The minimum atomic E-state index is -1.04. The number of methoxy groups -OCH3 is 1. The van der Waals surface area contributed by atoms with Crippen LogP contribution >= 0.6 is 11.3 Å². The van der Waals surface area contributed by atoms with E-state index in [0.717, 1.165) is 4.88 Å². The number of carbonyl (C=O) groups is 4. The molecular formula is C28H28N4O8S. The molecule has 214 valence electrons. The van der Waals surface area contributed by atoms with Gasteiger partial charge in [-0.05, 0) is 47.8 Å². The van der Waals surface area contributed by atoms with Crippen LogP contribution in [0.25, 0.3) is 0 Å². The highest BCUT2D eigenvalue weighted by atomic mass is 32.1. The number of fused-ring (bicyclic) bond motifs is 1. The minimum absolute atomic E-state index is 0.121. The Morgan fingerprint density at radius 1 is 1.00 bits per heavy atom. The van der Waals surface area contributed by atoms with Crippen LogP contribution in [0.2, 0.25) is 0 Å². The molecular weight excluding hydrogens is 552 g/mol. The van der Waals surface area contributed by atoms with Crippen molar-refractivity contribution in [3.8, 4) is 11.5 Å². The largest absolute Gasteiger partial charge is 0.481 e. The first kappa shape index (κ1) is 27.8. The Morgan fingerprint density at radius 3 is 2.46 bits per heavy atom. The number of rotatable bonds is 8. The Balaban J connectivity index is 1.30. The smallest absolute Gasteiger partial charge is 0.411 e. The van der Waals surface area contributed by atoms with Gasteiger partial charge in [0.25, 0.3) is 11.8 Å². The van der Waals surface area contributed by atoms with E-state index in [1.54, 1.807) is 47.4 Å². The summed E-state index contributed by atoms with van der Waals surface area (Å²) in [6.45, 7) is 1.97. The summed E-state index contributed by atoms with van der Waals surface area (Å²) < 4.78 is 15.5. The summed E-state index contributed by atoms with van der Waals surface area (Å²) >= 11 is 1.35. The first-order chi connectivity index (χ1) is 19.8. The molecule has 1 fully saturated rings. The molecule has 2 aliphatic rings. The summed E-state index contributed by atoms with van der Waals surface area (Å²) in [5, 5.41) is 16.6. The lowest BCUT2D eigenvalue weighted by Crippen LogP contribution is -2.49. The van der Waals surface area contributed by atoms with Gasteiger partial charge in [-0.2, -0.15) is 0 Å². The van der Waals surface area contributed by atoms with Gasteiger partial charge in [-0.25, -0.2) is 4.79 Å². The molecule has 3 heterocycles. The number of carbonyl (C=O) groups excluding carboxylic acids is 3. The summed E-state index contributed by atoms with van der Waals surface area (Å²) in [5.74, 6) is -0.490. The number of carboxylic acid groups (broad SMARTS) is 1. The van der Waals surface area contributed by atoms with E-state index < -0.39 is 24.0 Å². The molecule has 0 bridgehead atoms. The van der Waals surface area contributed by atoms with Crippen LogP contribution in [0, 0.1) is 0 Å². The van der Waals surface area contributed by atoms with Gasteiger partial charge in [0.2, 0.25) is 6.79 Å². The van der Waals surface area contributed by atoms with Crippen molar-refractivity contribution in [2.24, 2.45) is 0 Å². The number of piperazine rings is 1. The third-order valence-corrected chi connectivity index (χ3v) is 7.76. The van der Waals surface area contributed by atoms with Crippen molar-refractivity contribution >= 4 is 46.6 Å². The second-order valence-electron chi connectivity index (χ2n) is 9.34. The number of ether oxygens (including phenoxy) is 3. The topological polar surface area (TPSA) is 147 Å². The SMILES string of the molecule is COC(=O)Nc1cc(C(=O)NC(CC(=O)O)c2cccs2)ccc1N1CCN(C(=O)c2ccc3c(c2)OCO3)CC1. The first-order valence-corrected chi connectivity index (χ1v) is 13.7. The van der Waals surface area contributed by atoms with E-state index in [9.17, 15) is 24.3 Å². The lowest BCUT2D eigenvalue weighted by molar-refractivity contribution is -0.137. The van der Waals surface area contributed by atoms with Crippen molar-refractivity contribution < 1.29 is 38.5 Å². The van der Waals surface area contributed by atoms with Crippen molar-refractivity contribution in [2.45, 2.75) is 12.5 Å². The van der Waals surface area contributed by atoms with Crippen LogP contribution in [0.4, 0.5) is 16.2 Å². The van der Waals surface area contributed by atoms with E-state index in [1.807, 2.05) is 10.3 Å². The van der Waals surface area contributed by atoms with Gasteiger partial charge < -0.3 is 34.4 Å². The molecule has 12 nitrogen and oxygen atoms in total. The number of nitrogens with zero attached hydrogens (tertiary/aromatic N) is 2. The first-order valence-electron chi connectivity index (χ1n) is 12.8. The molecule has 3 amide bonds. The number of carboxylic acids is 1. The van der Waals surface area contributed by atoms with E-state index in [-0.39, 0.29) is 24.7 Å². The van der Waals surface area contributed by atoms with E-state index >= 15 is 0 Å². The summed E-state index contributed by atoms with van der Waals surface area (Å²) in [4.78, 5) is 54.3. The van der Waals surface area contributed by atoms with Gasteiger partial charge in [-0.1, -0.05) is 6.07 Å². The molecule has 1 aromatic heterocycles. The Kier molecular flexibility index (Phi) is 8.24. The van der Waals surface area contributed by atoms with Gasteiger partial charge in [0.1, 0.15) is 0 Å². The maximum Gasteiger partial charge on any atom is 0.411 e. The highest BCUT2D eigenvalue weighted by molar-refractivity contribution is 7.10. The predicted molar refractivity (Wildman–Crippen MR) is 150 cm³/mol. The van der Waals surface area contributed by atoms with Gasteiger partial charge >= 0.3 is 12.1 Å². The summed E-state index contributed by atoms with van der Waals surface area (Å²) in [6.07, 6.45) is -0.977. The fourth-order valence-corrected chi connectivity index (χ4v) is 5.48. The molecule has 1 atom stereocenters. The molecule has 1 unspecified atom stereocenters. The summed E-state index contributed by atoms with van der Waals surface area (Å²) in [5.41, 5.74) is 1.76. The van der Waals surface area contributed by atoms with Gasteiger partial charge in [0.15, 0.2) is 11.5 Å². The Morgan fingerprint density at radius 2 is 1.76 bits per heavy atom. The second-order valence-corrected chi connectivity index (χ2v) is 10.3. The van der Waals surface area contributed by atoms with Crippen molar-refractivity contribution in [3.63, 3.8) is 0 Å². The van der Waals surface area contributed by atoms with Gasteiger partial charge in [-0.15, -0.1) is 11.3 Å². The number of nitrogens with one attached hydrogen (secondary N) is 2. The van der Waals surface area contributed by atoms with Crippen LogP contribution in [0.3, 0.4) is 0 Å². The third kappa shape index (κ3) is 6.35. The van der Waals surface area contributed by atoms with Crippen LogP contribution < -0.4 is 25.0 Å². The van der Waals surface area contributed by atoms with Crippen LogP contribution in [0.1, 0.15) is 38.1 Å². The highest BCUT2D eigenvalue weighted by Gasteiger charge is 2.27. The van der Waals surface area contributed by atoms with Crippen LogP contribution in [0.15, 0.2) is 53.9 Å². The molecule has 0 aliphatic carbocycles. The normalized spacial score (nSPS) is 14.8. The van der Waals surface area contributed by atoms with Gasteiger partial charge in [0.05, 0.1) is 30.9 Å². The molecule has 3 N–H and O–H groups in total. The Labute approximate surface area is 239 Å². The van der Waals surface area contributed by atoms with Crippen LogP contribution in [-0.4, -0.2) is 74.0 Å². The highest BCUT2D eigenvalue weighted by Crippen LogP contribution is 2.33. The van der Waals surface area contributed by atoms with Crippen molar-refractivity contribution in [2.75, 3.05) is 50.3 Å². The Bertz CT molecular complexity index is 1450. The van der Waals surface area contributed by atoms with Crippen molar-refractivity contribution in [1.29, 1.82) is 0 Å². The molecule has 13 heteroatoms. The molecule has 3 aromatic rings. The zero-order valence-corrected chi connectivity index (χ0v) is 22.9. The van der Waals surface area contributed by atoms with Crippen molar-refractivity contribution in [1.82, 2.24) is 10.2 Å². The fourth-order valence-electron chi connectivity index (χ4n) is 4.71. The fraction of sp³-hybridized carbons (Fsp3) is 0.286. The van der Waals surface area contributed by atoms with E-state index in [1.165, 1.54) is 24.5 Å². The van der Waals surface area contributed by atoms with E-state index in [4.69, 9.17) is 14.2 Å². The molecule has 0 radical (unpaired) electrons. The number of aliphatic carboxylic acids is 1. The molecule has 0 saturated carbocycles. The summed E-state index contributed by atoms with van der Waals surface area (Å²) in [7, 11) is 1.24. The molecule has 41 heavy (non-hydrogen) atoms. The quantitative estimate of drug-likeness (QED) is 0.364. The number of thiophene rings is 1. The number of hydrogen-bond acceptors (Lipinski definition) is 9. The van der Waals surface area contributed by atoms with Gasteiger partial charge in [-0.3, -0.25) is 19.7 Å². The molecule has 2 aliphatic heterocycles. The van der Waals surface area contributed by atoms with E-state index in [0.29, 0.717) is 54.6 Å².